The third kappa shape index (κ3) is 3.53. The van der Waals surface area contributed by atoms with E-state index in [2.05, 4.69) is 42.6 Å². The zero-order valence-corrected chi connectivity index (χ0v) is 17.1. The van der Waals surface area contributed by atoms with Gasteiger partial charge in [-0.1, -0.05) is 67.2 Å². The van der Waals surface area contributed by atoms with Crippen LogP contribution in [0.2, 0.25) is 0 Å². The van der Waals surface area contributed by atoms with Gasteiger partial charge in [0.1, 0.15) is 0 Å². The second-order valence-electron chi connectivity index (χ2n) is 10.0. The topological polar surface area (TPSA) is 12.0 Å². The molecule has 0 bridgehead atoms. The maximum atomic E-state index is 3.84. The number of allylic oxidation sites excluding steroid dienone is 1. The summed E-state index contributed by atoms with van der Waals surface area (Å²) in [7, 11) is 0. The van der Waals surface area contributed by atoms with Crippen molar-refractivity contribution < 1.29 is 0 Å². The van der Waals surface area contributed by atoms with Gasteiger partial charge in [-0.3, -0.25) is 0 Å². The van der Waals surface area contributed by atoms with Crippen LogP contribution in [0.1, 0.15) is 70.3 Å². The summed E-state index contributed by atoms with van der Waals surface area (Å²) in [6.07, 6.45) is 14.4. The van der Waals surface area contributed by atoms with Gasteiger partial charge in [0.25, 0.3) is 0 Å². The van der Waals surface area contributed by atoms with Crippen molar-refractivity contribution in [3.05, 3.63) is 47.0 Å². The monoisotopic (exact) mass is 363 g/mol. The average molecular weight is 364 g/mol. The lowest BCUT2D eigenvalue weighted by Gasteiger charge is -2.39. The van der Waals surface area contributed by atoms with Gasteiger partial charge < -0.3 is 5.32 Å². The molecule has 2 saturated carbocycles. The van der Waals surface area contributed by atoms with Crippen molar-refractivity contribution >= 4 is 0 Å². The minimum atomic E-state index is 0.751. The van der Waals surface area contributed by atoms with Crippen LogP contribution in [0.25, 0.3) is 0 Å². The highest BCUT2D eigenvalue weighted by Crippen LogP contribution is 2.57. The van der Waals surface area contributed by atoms with Crippen molar-refractivity contribution in [2.24, 2.45) is 29.6 Å². The molecule has 4 aliphatic rings. The lowest BCUT2D eigenvalue weighted by Crippen LogP contribution is -2.36. The van der Waals surface area contributed by atoms with Crippen LogP contribution in [0.4, 0.5) is 0 Å². The van der Waals surface area contributed by atoms with Gasteiger partial charge in [0.15, 0.2) is 0 Å². The van der Waals surface area contributed by atoms with E-state index in [1.165, 1.54) is 70.8 Å². The second-order valence-corrected chi connectivity index (χ2v) is 10.0. The highest BCUT2D eigenvalue weighted by Gasteiger charge is 2.48. The Kier molecular flexibility index (Phi) is 5.15. The zero-order chi connectivity index (χ0) is 18.2. The quantitative estimate of drug-likeness (QED) is 0.633. The van der Waals surface area contributed by atoms with Crippen LogP contribution in [0.15, 0.2) is 41.5 Å². The normalized spacial score (nSPS) is 38.7. The number of nitrogens with one attached hydrogen (secondary N) is 1. The summed E-state index contributed by atoms with van der Waals surface area (Å²) in [4.78, 5) is 0. The van der Waals surface area contributed by atoms with E-state index >= 15 is 0 Å². The third-order valence-corrected chi connectivity index (χ3v) is 8.67. The summed E-state index contributed by atoms with van der Waals surface area (Å²) in [5, 5.41) is 3.84. The Hall–Kier alpha value is -1.08. The van der Waals surface area contributed by atoms with Crippen molar-refractivity contribution in [2.45, 2.75) is 77.2 Å². The molecule has 6 unspecified atom stereocenters. The number of hydrogen-bond acceptors (Lipinski definition) is 1. The molecular weight excluding hydrogens is 326 g/mol. The Labute approximate surface area is 166 Å². The summed E-state index contributed by atoms with van der Waals surface area (Å²) in [6, 6.07) is 12.1. The minimum Gasteiger partial charge on any atom is -0.314 e. The Bertz CT molecular complexity index is 669. The summed E-state index contributed by atoms with van der Waals surface area (Å²) >= 11 is 0. The molecule has 27 heavy (non-hydrogen) atoms. The van der Waals surface area contributed by atoms with Crippen molar-refractivity contribution in [1.82, 2.24) is 5.32 Å². The van der Waals surface area contributed by atoms with E-state index in [1.807, 2.05) is 5.57 Å². The first-order valence-electron chi connectivity index (χ1n) is 11.8. The highest BCUT2D eigenvalue weighted by atomic mass is 14.9. The molecule has 1 aromatic carbocycles. The summed E-state index contributed by atoms with van der Waals surface area (Å²) in [6.45, 7) is 3.75. The first-order chi connectivity index (χ1) is 13.3. The summed E-state index contributed by atoms with van der Waals surface area (Å²) < 4.78 is 0. The molecule has 5 rings (SSSR count). The number of piperidine rings is 1. The fourth-order valence-corrected chi connectivity index (χ4v) is 7.29. The Balaban J connectivity index is 1.41. The van der Waals surface area contributed by atoms with Crippen LogP contribution in [0.5, 0.6) is 0 Å². The molecule has 3 fully saturated rings. The van der Waals surface area contributed by atoms with Crippen LogP contribution in [0, 0.1) is 29.6 Å². The first kappa shape index (κ1) is 18.0. The molecule has 0 amide bonds. The van der Waals surface area contributed by atoms with Crippen LogP contribution in [-0.4, -0.2) is 12.6 Å². The van der Waals surface area contributed by atoms with E-state index in [1.54, 1.807) is 11.1 Å². The van der Waals surface area contributed by atoms with Gasteiger partial charge in [-0.05, 0) is 87.1 Å². The third-order valence-electron chi connectivity index (χ3n) is 8.67. The van der Waals surface area contributed by atoms with E-state index in [-0.39, 0.29) is 0 Å². The van der Waals surface area contributed by atoms with E-state index in [9.17, 15) is 0 Å². The molecule has 0 spiro atoms. The molecule has 0 aromatic heterocycles. The zero-order valence-electron chi connectivity index (χ0n) is 17.1. The smallest absolute Gasteiger partial charge is 0.0104 e. The fraction of sp³-hybridized carbons (Fsp3) is 0.692. The average Bonchev–Trinajstić information content (AvgIpc) is 3.26. The highest BCUT2D eigenvalue weighted by molar-refractivity contribution is 5.31. The molecule has 3 aliphatic carbocycles. The van der Waals surface area contributed by atoms with Crippen molar-refractivity contribution in [1.29, 1.82) is 0 Å². The number of benzene rings is 1. The standard InChI is InChI=1S/C26H37N/c1-18-23(14-19-8-3-2-4-9-19)25-15-20-10-7-11-21(20)16-26(25)24(18)17-22-12-5-6-13-27-22/h2-4,8-9,20-23,25-27H,5-7,10-17H2,1H3. The Morgan fingerprint density at radius 1 is 0.889 bits per heavy atom. The Morgan fingerprint density at radius 2 is 1.70 bits per heavy atom. The molecule has 1 aromatic rings. The van der Waals surface area contributed by atoms with Crippen LogP contribution in [-0.2, 0) is 6.42 Å². The second kappa shape index (κ2) is 7.74. The largest absolute Gasteiger partial charge is 0.314 e. The van der Waals surface area contributed by atoms with E-state index in [0.717, 1.165) is 35.6 Å². The van der Waals surface area contributed by atoms with Crippen LogP contribution < -0.4 is 5.32 Å². The molecule has 1 heterocycles. The molecule has 1 heteroatoms. The molecular formula is C26H37N. The lowest BCUT2D eigenvalue weighted by molar-refractivity contribution is 0.134. The first-order valence-corrected chi connectivity index (χ1v) is 11.8. The molecule has 6 atom stereocenters. The van der Waals surface area contributed by atoms with Crippen molar-refractivity contribution in [3.8, 4) is 0 Å². The molecule has 1 N–H and O–H groups in total. The summed E-state index contributed by atoms with van der Waals surface area (Å²) in [5.74, 6) is 4.73. The number of fused-ring (bicyclic) bond motifs is 2. The predicted molar refractivity (Wildman–Crippen MR) is 114 cm³/mol. The molecule has 1 nitrogen and oxygen atoms in total. The fourth-order valence-electron chi connectivity index (χ4n) is 7.29. The van der Waals surface area contributed by atoms with Crippen LogP contribution >= 0.6 is 0 Å². The van der Waals surface area contributed by atoms with Gasteiger partial charge in [0.2, 0.25) is 0 Å². The molecule has 1 saturated heterocycles. The van der Waals surface area contributed by atoms with Gasteiger partial charge in [0.05, 0.1) is 0 Å². The number of hydrogen-bond donors (Lipinski definition) is 1. The molecule has 146 valence electrons. The van der Waals surface area contributed by atoms with Gasteiger partial charge in [-0.15, -0.1) is 0 Å². The lowest BCUT2D eigenvalue weighted by atomic mass is 9.66. The van der Waals surface area contributed by atoms with Gasteiger partial charge in [-0.25, -0.2) is 0 Å². The SMILES string of the molecule is CC1=C(CC2CCCCN2)C2CC3CCCC3CC2C1Cc1ccccc1. The van der Waals surface area contributed by atoms with Gasteiger partial charge in [0, 0.05) is 6.04 Å². The van der Waals surface area contributed by atoms with Crippen molar-refractivity contribution in [3.63, 3.8) is 0 Å². The minimum absolute atomic E-state index is 0.751. The van der Waals surface area contributed by atoms with E-state index in [4.69, 9.17) is 0 Å². The van der Waals surface area contributed by atoms with E-state index < -0.39 is 0 Å². The van der Waals surface area contributed by atoms with Gasteiger partial charge >= 0.3 is 0 Å². The van der Waals surface area contributed by atoms with E-state index in [0.29, 0.717) is 0 Å². The van der Waals surface area contributed by atoms with Crippen molar-refractivity contribution in [2.75, 3.05) is 6.54 Å². The van der Waals surface area contributed by atoms with Gasteiger partial charge in [-0.2, -0.15) is 0 Å². The maximum Gasteiger partial charge on any atom is 0.0104 e. The molecule has 0 radical (unpaired) electrons. The summed E-state index contributed by atoms with van der Waals surface area (Å²) in [5.41, 5.74) is 5.23. The molecule has 1 aliphatic heterocycles. The predicted octanol–water partition coefficient (Wildman–Crippen LogP) is 6.15. The van der Waals surface area contributed by atoms with Crippen LogP contribution in [0.3, 0.4) is 0 Å². The maximum absolute atomic E-state index is 3.84. The number of rotatable bonds is 4. The Morgan fingerprint density at radius 3 is 2.48 bits per heavy atom.